The van der Waals surface area contributed by atoms with Gasteiger partial charge in [-0.3, -0.25) is 9.69 Å². The standard InChI is InChI=1S/C20H14F3NO3/c21-20(22,23)13-8-6-12(7-9-13)15-10-17(25)24(14-4-2-1-3-5-14)16-11-27-19(26)18(15)16/h1-9,15H,10-11H2/t15-/m1/s1. The van der Waals surface area contributed by atoms with E-state index >= 15 is 0 Å². The summed E-state index contributed by atoms with van der Waals surface area (Å²) in [7, 11) is 0. The molecule has 2 aromatic rings. The summed E-state index contributed by atoms with van der Waals surface area (Å²) in [6, 6.07) is 13.4. The molecule has 4 nitrogen and oxygen atoms in total. The highest BCUT2D eigenvalue weighted by Crippen LogP contribution is 2.42. The van der Waals surface area contributed by atoms with Gasteiger partial charge in [-0.2, -0.15) is 13.2 Å². The fourth-order valence-corrected chi connectivity index (χ4v) is 3.52. The number of alkyl halides is 3. The molecule has 2 heterocycles. The van der Waals surface area contributed by atoms with Crippen LogP contribution in [0.1, 0.15) is 23.5 Å². The molecular weight excluding hydrogens is 359 g/mol. The van der Waals surface area contributed by atoms with E-state index in [1.165, 1.54) is 17.0 Å². The molecule has 27 heavy (non-hydrogen) atoms. The van der Waals surface area contributed by atoms with Crippen LogP contribution < -0.4 is 4.90 Å². The van der Waals surface area contributed by atoms with Crippen molar-refractivity contribution in [3.05, 3.63) is 77.0 Å². The molecule has 0 aliphatic carbocycles. The molecule has 0 radical (unpaired) electrons. The SMILES string of the molecule is O=C1OCC2=C1[C@@H](c1ccc(C(F)(F)F)cc1)CC(=O)N2c1ccccc1. The van der Waals surface area contributed by atoms with Crippen LogP contribution in [-0.4, -0.2) is 18.5 Å². The van der Waals surface area contributed by atoms with Crippen LogP contribution in [0.15, 0.2) is 65.9 Å². The maximum Gasteiger partial charge on any atom is 0.416 e. The van der Waals surface area contributed by atoms with Gasteiger partial charge >= 0.3 is 12.1 Å². The first-order valence-electron chi connectivity index (χ1n) is 8.31. The van der Waals surface area contributed by atoms with Crippen LogP contribution in [-0.2, 0) is 20.5 Å². The Bertz CT molecular complexity index is 933. The van der Waals surface area contributed by atoms with Gasteiger partial charge in [0.25, 0.3) is 0 Å². The number of rotatable bonds is 2. The zero-order valence-corrected chi connectivity index (χ0v) is 14.0. The van der Waals surface area contributed by atoms with Gasteiger partial charge in [0.15, 0.2) is 0 Å². The van der Waals surface area contributed by atoms with E-state index in [1.54, 1.807) is 24.3 Å². The molecular formula is C20H14F3NO3. The number of carbonyl (C=O) groups excluding carboxylic acids is 2. The van der Waals surface area contributed by atoms with Crippen LogP contribution in [0.5, 0.6) is 0 Å². The van der Waals surface area contributed by atoms with Crippen molar-refractivity contribution in [2.24, 2.45) is 0 Å². The summed E-state index contributed by atoms with van der Waals surface area (Å²) in [5.41, 5.74) is 1.11. The van der Waals surface area contributed by atoms with E-state index in [2.05, 4.69) is 0 Å². The number of amides is 1. The Morgan fingerprint density at radius 1 is 0.963 bits per heavy atom. The van der Waals surface area contributed by atoms with E-state index in [-0.39, 0.29) is 18.9 Å². The second-order valence-electron chi connectivity index (χ2n) is 6.38. The highest BCUT2D eigenvalue weighted by Gasteiger charge is 2.43. The van der Waals surface area contributed by atoms with Crippen molar-refractivity contribution < 1.29 is 27.5 Å². The van der Waals surface area contributed by atoms with Crippen LogP contribution >= 0.6 is 0 Å². The molecule has 1 amide bonds. The van der Waals surface area contributed by atoms with Gasteiger partial charge in [-0.1, -0.05) is 30.3 Å². The summed E-state index contributed by atoms with van der Waals surface area (Å²) < 4.78 is 43.5. The summed E-state index contributed by atoms with van der Waals surface area (Å²) in [5, 5.41) is 0. The fourth-order valence-electron chi connectivity index (χ4n) is 3.52. The number of para-hydroxylation sites is 1. The van der Waals surface area contributed by atoms with Crippen LogP contribution in [0.4, 0.5) is 18.9 Å². The number of nitrogens with zero attached hydrogens (tertiary/aromatic N) is 1. The lowest BCUT2D eigenvalue weighted by atomic mass is 9.84. The Hall–Kier alpha value is -3.09. The van der Waals surface area contributed by atoms with Crippen LogP contribution in [0.25, 0.3) is 0 Å². The average molecular weight is 373 g/mol. The average Bonchev–Trinajstić information content (AvgIpc) is 3.03. The molecule has 1 atom stereocenters. The molecule has 0 aromatic heterocycles. The van der Waals surface area contributed by atoms with Crippen LogP contribution in [0, 0.1) is 0 Å². The number of esters is 1. The highest BCUT2D eigenvalue weighted by molar-refractivity contribution is 6.06. The number of hydrogen-bond donors (Lipinski definition) is 0. The van der Waals surface area contributed by atoms with Crippen LogP contribution in [0.3, 0.4) is 0 Å². The smallest absolute Gasteiger partial charge is 0.416 e. The van der Waals surface area contributed by atoms with Gasteiger partial charge in [-0.05, 0) is 29.8 Å². The van der Waals surface area contributed by atoms with Crippen molar-refractivity contribution in [3.63, 3.8) is 0 Å². The maximum atomic E-state index is 12.8. The third-order valence-corrected chi connectivity index (χ3v) is 4.77. The number of ether oxygens (including phenoxy) is 1. The molecule has 0 N–H and O–H groups in total. The number of halogens is 3. The Morgan fingerprint density at radius 3 is 2.26 bits per heavy atom. The molecule has 2 aliphatic heterocycles. The van der Waals surface area contributed by atoms with Crippen molar-refractivity contribution in [1.29, 1.82) is 0 Å². The summed E-state index contributed by atoms with van der Waals surface area (Å²) in [5.74, 6) is -1.39. The quantitative estimate of drug-likeness (QED) is 0.747. The van der Waals surface area contributed by atoms with Crippen molar-refractivity contribution in [3.8, 4) is 0 Å². The zero-order chi connectivity index (χ0) is 19.2. The van der Waals surface area contributed by atoms with Gasteiger partial charge in [0.05, 0.1) is 16.8 Å². The van der Waals surface area contributed by atoms with E-state index in [1.807, 2.05) is 6.07 Å². The van der Waals surface area contributed by atoms with Gasteiger partial charge in [0.2, 0.25) is 5.91 Å². The fraction of sp³-hybridized carbons (Fsp3) is 0.200. The number of hydrogen-bond acceptors (Lipinski definition) is 3. The Kier molecular flexibility index (Phi) is 4.02. The molecule has 0 unspecified atom stereocenters. The van der Waals surface area contributed by atoms with Gasteiger partial charge in [-0.25, -0.2) is 4.79 Å². The maximum absolute atomic E-state index is 12.8. The lowest BCUT2D eigenvalue weighted by Gasteiger charge is -2.31. The zero-order valence-electron chi connectivity index (χ0n) is 14.0. The van der Waals surface area contributed by atoms with E-state index in [4.69, 9.17) is 4.74 Å². The van der Waals surface area contributed by atoms with Crippen molar-refractivity contribution in [2.75, 3.05) is 11.5 Å². The Balaban J connectivity index is 1.76. The molecule has 2 aromatic carbocycles. The number of carbonyl (C=O) groups is 2. The molecule has 2 aliphatic rings. The minimum atomic E-state index is -4.44. The normalized spacial score (nSPS) is 20.0. The largest absolute Gasteiger partial charge is 0.456 e. The van der Waals surface area contributed by atoms with Gasteiger partial charge in [0.1, 0.15) is 6.61 Å². The molecule has 0 spiro atoms. The lowest BCUT2D eigenvalue weighted by Crippen LogP contribution is -2.37. The topological polar surface area (TPSA) is 46.6 Å². The molecule has 0 saturated heterocycles. The highest BCUT2D eigenvalue weighted by atomic mass is 19.4. The third-order valence-electron chi connectivity index (χ3n) is 4.77. The minimum absolute atomic E-state index is 0.0197. The second-order valence-corrected chi connectivity index (χ2v) is 6.38. The summed E-state index contributed by atoms with van der Waals surface area (Å²) in [4.78, 5) is 26.6. The van der Waals surface area contributed by atoms with Crippen molar-refractivity contribution in [1.82, 2.24) is 0 Å². The first-order chi connectivity index (χ1) is 12.9. The summed E-state index contributed by atoms with van der Waals surface area (Å²) >= 11 is 0. The predicted octanol–water partition coefficient (Wildman–Crippen LogP) is 4.04. The van der Waals surface area contributed by atoms with E-state index in [9.17, 15) is 22.8 Å². The van der Waals surface area contributed by atoms with E-state index in [0.29, 0.717) is 22.5 Å². The molecule has 0 fully saturated rings. The van der Waals surface area contributed by atoms with Crippen LogP contribution in [0.2, 0.25) is 0 Å². The number of anilines is 1. The molecule has 138 valence electrons. The van der Waals surface area contributed by atoms with Crippen molar-refractivity contribution >= 4 is 17.6 Å². The monoisotopic (exact) mass is 373 g/mol. The van der Waals surface area contributed by atoms with Gasteiger partial charge < -0.3 is 4.74 Å². The molecule has 0 bridgehead atoms. The first kappa shape index (κ1) is 17.3. The molecule has 4 rings (SSSR count). The van der Waals surface area contributed by atoms with E-state index < -0.39 is 23.6 Å². The third kappa shape index (κ3) is 2.99. The van der Waals surface area contributed by atoms with Gasteiger partial charge in [-0.15, -0.1) is 0 Å². The second kappa shape index (κ2) is 6.26. The Labute approximate surface area is 152 Å². The summed E-state index contributed by atoms with van der Waals surface area (Å²) in [6.07, 6.45) is -4.46. The Morgan fingerprint density at radius 2 is 1.63 bits per heavy atom. The number of cyclic esters (lactones) is 1. The number of benzene rings is 2. The lowest BCUT2D eigenvalue weighted by molar-refractivity contribution is -0.138. The minimum Gasteiger partial charge on any atom is -0.456 e. The molecule has 7 heteroatoms. The van der Waals surface area contributed by atoms with Gasteiger partial charge in [0, 0.05) is 18.0 Å². The summed E-state index contributed by atoms with van der Waals surface area (Å²) in [6.45, 7) is -0.0358. The predicted molar refractivity (Wildman–Crippen MR) is 90.7 cm³/mol. The van der Waals surface area contributed by atoms with E-state index in [0.717, 1.165) is 12.1 Å². The van der Waals surface area contributed by atoms with Crippen molar-refractivity contribution in [2.45, 2.75) is 18.5 Å². The molecule has 0 saturated carbocycles. The first-order valence-corrected chi connectivity index (χ1v) is 8.31.